The fraction of sp³-hybridized carbons (Fsp3) is 0.182. The molecule has 0 fully saturated rings. The third-order valence-electron chi connectivity index (χ3n) is 2.28. The van der Waals surface area contributed by atoms with E-state index in [1.165, 1.54) is 6.33 Å². The van der Waals surface area contributed by atoms with Gasteiger partial charge in [0, 0.05) is 6.04 Å². The van der Waals surface area contributed by atoms with Crippen LogP contribution in [0.15, 0.2) is 30.6 Å². The van der Waals surface area contributed by atoms with Crippen molar-refractivity contribution in [3.05, 3.63) is 42.0 Å². The zero-order chi connectivity index (χ0) is 11.5. The van der Waals surface area contributed by atoms with Crippen molar-refractivity contribution in [2.24, 2.45) is 5.73 Å². The van der Waals surface area contributed by atoms with E-state index in [-0.39, 0.29) is 11.9 Å². The predicted molar refractivity (Wildman–Crippen MR) is 58.7 cm³/mol. The van der Waals surface area contributed by atoms with Crippen LogP contribution in [-0.2, 0) is 0 Å². The molecule has 0 amide bonds. The number of nitriles is 1. The first-order valence-electron chi connectivity index (χ1n) is 4.88. The Balaban J connectivity index is 2.31. The highest BCUT2D eigenvalue weighted by Crippen LogP contribution is 2.13. The largest absolute Gasteiger partial charge is 0.324 e. The van der Waals surface area contributed by atoms with Crippen LogP contribution in [0, 0.1) is 11.3 Å². The summed E-state index contributed by atoms with van der Waals surface area (Å²) in [5, 5.41) is 12.6. The average molecular weight is 213 g/mol. The highest BCUT2D eigenvalue weighted by molar-refractivity contribution is 5.34. The van der Waals surface area contributed by atoms with Gasteiger partial charge < -0.3 is 5.73 Å². The van der Waals surface area contributed by atoms with E-state index in [9.17, 15) is 0 Å². The molecular formula is C11H11N5. The van der Waals surface area contributed by atoms with E-state index >= 15 is 0 Å². The summed E-state index contributed by atoms with van der Waals surface area (Å²) in [5.74, 6) is 0.163. The van der Waals surface area contributed by atoms with E-state index < -0.39 is 0 Å². The van der Waals surface area contributed by atoms with Crippen molar-refractivity contribution in [3.8, 4) is 11.8 Å². The summed E-state index contributed by atoms with van der Waals surface area (Å²) in [6.07, 6.45) is 1.51. The van der Waals surface area contributed by atoms with E-state index in [2.05, 4.69) is 10.1 Å². The molecule has 80 valence electrons. The molecular weight excluding hydrogens is 202 g/mol. The first-order valence-corrected chi connectivity index (χ1v) is 4.88. The second-order valence-corrected chi connectivity index (χ2v) is 3.50. The molecule has 1 atom stereocenters. The lowest BCUT2D eigenvalue weighted by Gasteiger charge is -2.06. The molecule has 0 aliphatic rings. The van der Waals surface area contributed by atoms with Crippen LogP contribution in [0.1, 0.15) is 24.4 Å². The molecule has 0 aliphatic heterocycles. The van der Waals surface area contributed by atoms with Gasteiger partial charge in [0.15, 0.2) is 0 Å². The van der Waals surface area contributed by atoms with Gasteiger partial charge in [0.1, 0.15) is 12.4 Å². The summed E-state index contributed by atoms with van der Waals surface area (Å²) in [6, 6.07) is 9.57. The van der Waals surface area contributed by atoms with Gasteiger partial charge in [-0.2, -0.15) is 5.26 Å². The van der Waals surface area contributed by atoms with Crippen molar-refractivity contribution < 1.29 is 0 Å². The topological polar surface area (TPSA) is 80.5 Å². The number of benzene rings is 1. The fourth-order valence-corrected chi connectivity index (χ4v) is 1.37. The second kappa shape index (κ2) is 4.13. The summed E-state index contributed by atoms with van der Waals surface area (Å²) >= 11 is 0. The minimum Gasteiger partial charge on any atom is -0.324 e. The molecule has 2 aromatic rings. The van der Waals surface area contributed by atoms with E-state index in [0.29, 0.717) is 0 Å². The molecule has 5 heteroatoms. The standard InChI is InChI=1S/C11H11N5/c1-8(13)9-2-4-10(5-3-9)16-7-14-11(6-12)15-16/h2-5,7-8H,13H2,1H3/t8-/m1/s1. The lowest BCUT2D eigenvalue weighted by atomic mass is 10.1. The monoisotopic (exact) mass is 213 g/mol. The lowest BCUT2D eigenvalue weighted by molar-refractivity contribution is 0.813. The smallest absolute Gasteiger partial charge is 0.252 e. The Hall–Kier alpha value is -2.19. The van der Waals surface area contributed by atoms with Crippen LogP contribution < -0.4 is 5.73 Å². The molecule has 0 saturated heterocycles. The molecule has 5 nitrogen and oxygen atoms in total. The van der Waals surface area contributed by atoms with E-state index in [0.717, 1.165) is 11.3 Å². The maximum atomic E-state index is 8.61. The maximum absolute atomic E-state index is 8.61. The Morgan fingerprint density at radius 3 is 2.56 bits per heavy atom. The number of rotatable bonds is 2. The lowest BCUT2D eigenvalue weighted by Crippen LogP contribution is -2.05. The SMILES string of the molecule is C[C@@H](N)c1ccc(-n2cnc(C#N)n2)cc1. The molecule has 1 aromatic carbocycles. The van der Waals surface area contributed by atoms with Gasteiger partial charge in [-0.05, 0) is 24.6 Å². The maximum Gasteiger partial charge on any atom is 0.252 e. The molecule has 0 aliphatic carbocycles. The predicted octanol–water partition coefficient (Wildman–Crippen LogP) is 1.16. The van der Waals surface area contributed by atoms with Crippen molar-refractivity contribution >= 4 is 0 Å². The summed E-state index contributed by atoms with van der Waals surface area (Å²) in [7, 11) is 0. The van der Waals surface area contributed by atoms with Crippen molar-refractivity contribution in [2.45, 2.75) is 13.0 Å². The van der Waals surface area contributed by atoms with Gasteiger partial charge >= 0.3 is 0 Å². The average Bonchev–Trinajstić information content (AvgIpc) is 2.77. The minimum absolute atomic E-state index is 0.0134. The zero-order valence-corrected chi connectivity index (χ0v) is 8.83. The number of hydrogen-bond donors (Lipinski definition) is 1. The third-order valence-corrected chi connectivity index (χ3v) is 2.28. The quantitative estimate of drug-likeness (QED) is 0.811. The van der Waals surface area contributed by atoms with Crippen LogP contribution in [0.3, 0.4) is 0 Å². The number of hydrogen-bond acceptors (Lipinski definition) is 4. The summed E-state index contributed by atoms with van der Waals surface area (Å²) in [5.41, 5.74) is 7.67. The molecule has 0 radical (unpaired) electrons. The molecule has 0 spiro atoms. The van der Waals surface area contributed by atoms with E-state index in [4.69, 9.17) is 11.0 Å². The zero-order valence-electron chi connectivity index (χ0n) is 8.83. The van der Waals surface area contributed by atoms with Crippen LogP contribution in [-0.4, -0.2) is 14.8 Å². The Morgan fingerprint density at radius 2 is 2.06 bits per heavy atom. The van der Waals surface area contributed by atoms with Crippen molar-refractivity contribution in [3.63, 3.8) is 0 Å². The van der Waals surface area contributed by atoms with Crippen LogP contribution in [0.2, 0.25) is 0 Å². The van der Waals surface area contributed by atoms with Gasteiger partial charge in [0.25, 0.3) is 5.82 Å². The normalized spacial score (nSPS) is 12.1. The molecule has 2 rings (SSSR count). The van der Waals surface area contributed by atoms with Crippen LogP contribution >= 0.6 is 0 Å². The fourth-order valence-electron chi connectivity index (χ4n) is 1.37. The first kappa shape index (κ1) is 10.3. The Morgan fingerprint density at radius 1 is 1.38 bits per heavy atom. The van der Waals surface area contributed by atoms with Crippen molar-refractivity contribution in [2.75, 3.05) is 0 Å². The number of nitrogens with two attached hydrogens (primary N) is 1. The van der Waals surface area contributed by atoms with Crippen molar-refractivity contribution in [1.29, 1.82) is 5.26 Å². The second-order valence-electron chi connectivity index (χ2n) is 3.50. The molecule has 0 saturated carbocycles. The van der Waals surface area contributed by atoms with Gasteiger partial charge in [-0.1, -0.05) is 12.1 Å². The molecule has 0 unspecified atom stereocenters. The van der Waals surface area contributed by atoms with Crippen LogP contribution in [0.5, 0.6) is 0 Å². The Labute approximate surface area is 93.1 Å². The Kier molecular flexibility index (Phi) is 2.66. The van der Waals surface area contributed by atoms with Crippen molar-refractivity contribution in [1.82, 2.24) is 14.8 Å². The molecule has 16 heavy (non-hydrogen) atoms. The van der Waals surface area contributed by atoms with Gasteiger partial charge in [0.2, 0.25) is 0 Å². The summed E-state index contributed by atoms with van der Waals surface area (Å²) in [6.45, 7) is 1.93. The van der Waals surface area contributed by atoms with E-state index in [1.54, 1.807) is 4.68 Å². The number of nitrogens with zero attached hydrogens (tertiary/aromatic N) is 4. The molecule has 1 aromatic heterocycles. The minimum atomic E-state index is 0.0134. The van der Waals surface area contributed by atoms with E-state index in [1.807, 2.05) is 37.3 Å². The number of aromatic nitrogens is 3. The highest BCUT2D eigenvalue weighted by atomic mass is 15.3. The highest BCUT2D eigenvalue weighted by Gasteiger charge is 2.03. The first-order chi connectivity index (χ1) is 7.70. The summed E-state index contributed by atoms with van der Waals surface area (Å²) < 4.78 is 1.56. The molecule has 1 heterocycles. The van der Waals surface area contributed by atoms with Crippen LogP contribution in [0.4, 0.5) is 0 Å². The van der Waals surface area contributed by atoms with Gasteiger partial charge in [-0.15, -0.1) is 5.10 Å². The van der Waals surface area contributed by atoms with Gasteiger partial charge in [-0.3, -0.25) is 0 Å². The third kappa shape index (κ3) is 1.92. The van der Waals surface area contributed by atoms with Gasteiger partial charge in [0.05, 0.1) is 5.69 Å². The van der Waals surface area contributed by atoms with Gasteiger partial charge in [-0.25, -0.2) is 9.67 Å². The Bertz CT molecular complexity index is 518. The summed E-state index contributed by atoms with van der Waals surface area (Å²) in [4.78, 5) is 3.83. The molecule has 0 bridgehead atoms. The van der Waals surface area contributed by atoms with Crippen LogP contribution in [0.25, 0.3) is 5.69 Å². The molecule has 2 N–H and O–H groups in total.